The van der Waals surface area contributed by atoms with Crippen molar-refractivity contribution in [3.05, 3.63) is 22.2 Å². The first-order valence-electron chi connectivity index (χ1n) is 7.15. The summed E-state index contributed by atoms with van der Waals surface area (Å²) >= 11 is 3.56. The van der Waals surface area contributed by atoms with Gasteiger partial charge in [-0.25, -0.2) is 0 Å². The second kappa shape index (κ2) is 6.14. The quantitative estimate of drug-likeness (QED) is 0.905. The van der Waals surface area contributed by atoms with E-state index in [-0.39, 0.29) is 0 Å². The van der Waals surface area contributed by atoms with Crippen molar-refractivity contribution >= 4 is 15.9 Å². The summed E-state index contributed by atoms with van der Waals surface area (Å²) < 4.78 is 12.7. The SMILES string of the molecule is Brc1ccc(CC2CCCCN2)c2c1OCCCO2. The highest BCUT2D eigenvalue weighted by Gasteiger charge is 2.21. The van der Waals surface area contributed by atoms with Gasteiger partial charge in [-0.3, -0.25) is 0 Å². The van der Waals surface area contributed by atoms with Gasteiger partial charge in [-0.1, -0.05) is 12.5 Å². The Bertz CT molecular complexity index is 444. The zero-order valence-electron chi connectivity index (χ0n) is 11.1. The maximum absolute atomic E-state index is 5.92. The number of fused-ring (bicyclic) bond motifs is 1. The number of halogens is 1. The fourth-order valence-corrected chi connectivity index (χ4v) is 3.23. The lowest BCUT2D eigenvalue weighted by molar-refractivity contribution is 0.295. The lowest BCUT2D eigenvalue weighted by Crippen LogP contribution is -2.35. The predicted octanol–water partition coefficient (Wildman–Crippen LogP) is 3.30. The molecule has 1 atom stereocenters. The number of hydrogen-bond donors (Lipinski definition) is 1. The maximum atomic E-state index is 5.92. The molecule has 104 valence electrons. The van der Waals surface area contributed by atoms with Crippen molar-refractivity contribution in [2.75, 3.05) is 19.8 Å². The van der Waals surface area contributed by atoms with E-state index in [2.05, 4.69) is 33.4 Å². The molecule has 2 heterocycles. The second-order valence-electron chi connectivity index (χ2n) is 5.27. The van der Waals surface area contributed by atoms with Crippen LogP contribution in [0.15, 0.2) is 16.6 Å². The van der Waals surface area contributed by atoms with Crippen LogP contribution < -0.4 is 14.8 Å². The summed E-state index contributed by atoms with van der Waals surface area (Å²) in [6, 6.07) is 4.81. The zero-order chi connectivity index (χ0) is 13.1. The summed E-state index contributed by atoms with van der Waals surface area (Å²) in [7, 11) is 0. The fraction of sp³-hybridized carbons (Fsp3) is 0.600. The molecule has 1 saturated heterocycles. The number of benzene rings is 1. The summed E-state index contributed by atoms with van der Waals surface area (Å²) in [4.78, 5) is 0. The molecule has 4 heteroatoms. The summed E-state index contributed by atoms with van der Waals surface area (Å²) in [5.41, 5.74) is 1.26. The topological polar surface area (TPSA) is 30.5 Å². The molecule has 1 aromatic rings. The van der Waals surface area contributed by atoms with Crippen LogP contribution in [0.3, 0.4) is 0 Å². The molecule has 0 amide bonds. The Morgan fingerprint density at radius 3 is 2.74 bits per heavy atom. The highest BCUT2D eigenvalue weighted by Crippen LogP contribution is 2.40. The smallest absolute Gasteiger partial charge is 0.175 e. The fourth-order valence-electron chi connectivity index (χ4n) is 2.80. The lowest BCUT2D eigenvalue weighted by Gasteiger charge is -2.24. The molecule has 2 aliphatic rings. The van der Waals surface area contributed by atoms with Crippen LogP contribution in [0.25, 0.3) is 0 Å². The van der Waals surface area contributed by atoms with Crippen LogP contribution in [0.5, 0.6) is 11.5 Å². The van der Waals surface area contributed by atoms with Crippen molar-refractivity contribution in [1.82, 2.24) is 5.32 Å². The molecule has 3 rings (SSSR count). The van der Waals surface area contributed by atoms with Gasteiger partial charge in [0.2, 0.25) is 0 Å². The Balaban J connectivity index is 1.84. The maximum Gasteiger partial charge on any atom is 0.175 e. The lowest BCUT2D eigenvalue weighted by atomic mass is 9.97. The van der Waals surface area contributed by atoms with Crippen molar-refractivity contribution in [2.45, 2.75) is 38.1 Å². The molecule has 0 spiro atoms. The van der Waals surface area contributed by atoms with Crippen molar-refractivity contribution < 1.29 is 9.47 Å². The van der Waals surface area contributed by atoms with E-state index in [9.17, 15) is 0 Å². The van der Waals surface area contributed by atoms with E-state index < -0.39 is 0 Å². The Morgan fingerprint density at radius 2 is 1.95 bits per heavy atom. The van der Waals surface area contributed by atoms with Crippen LogP contribution in [-0.4, -0.2) is 25.8 Å². The zero-order valence-corrected chi connectivity index (χ0v) is 12.7. The van der Waals surface area contributed by atoms with Crippen molar-refractivity contribution in [3.63, 3.8) is 0 Å². The number of piperidine rings is 1. The Hall–Kier alpha value is -0.740. The van der Waals surface area contributed by atoms with Crippen LogP contribution in [0.2, 0.25) is 0 Å². The second-order valence-corrected chi connectivity index (χ2v) is 6.12. The van der Waals surface area contributed by atoms with Crippen molar-refractivity contribution in [2.24, 2.45) is 0 Å². The van der Waals surface area contributed by atoms with Gasteiger partial charge in [0.1, 0.15) is 0 Å². The molecule has 1 fully saturated rings. The molecule has 0 aliphatic carbocycles. The van der Waals surface area contributed by atoms with Gasteiger partial charge >= 0.3 is 0 Å². The van der Waals surface area contributed by atoms with Gasteiger partial charge in [0, 0.05) is 12.5 Å². The molecule has 1 N–H and O–H groups in total. The molecule has 0 radical (unpaired) electrons. The van der Waals surface area contributed by atoms with Crippen LogP contribution in [0.4, 0.5) is 0 Å². The summed E-state index contributed by atoms with van der Waals surface area (Å²) in [6.45, 7) is 2.62. The van der Waals surface area contributed by atoms with Crippen LogP contribution >= 0.6 is 15.9 Å². The summed E-state index contributed by atoms with van der Waals surface area (Å²) in [6.07, 6.45) is 5.86. The normalized spacial score (nSPS) is 22.9. The molecule has 1 aromatic carbocycles. The number of rotatable bonds is 2. The number of hydrogen-bond acceptors (Lipinski definition) is 3. The predicted molar refractivity (Wildman–Crippen MR) is 79.1 cm³/mol. The first-order chi connectivity index (χ1) is 9.34. The van der Waals surface area contributed by atoms with E-state index in [0.717, 1.165) is 48.6 Å². The van der Waals surface area contributed by atoms with E-state index in [0.29, 0.717) is 6.04 Å². The molecule has 0 bridgehead atoms. The van der Waals surface area contributed by atoms with Gasteiger partial charge in [-0.05, 0) is 53.4 Å². The third-order valence-electron chi connectivity index (χ3n) is 3.81. The average Bonchev–Trinajstić information content (AvgIpc) is 2.70. The minimum absolute atomic E-state index is 0.575. The van der Waals surface area contributed by atoms with Gasteiger partial charge in [0.15, 0.2) is 11.5 Å². The van der Waals surface area contributed by atoms with Gasteiger partial charge in [0.05, 0.1) is 17.7 Å². The van der Waals surface area contributed by atoms with Gasteiger partial charge in [0.25, 0.3) is 0 Å². The third-order valence-corrected chi connectivity index (χ3v) is 4.43. The van der Waals surface area contributed by atoms with E-state index >= 15 is 0 Å². The van der Waals surface area contributed by atoms with E-state index in [1.807, 2.05) is 0 Å². The Labute approximate surface area is 122 Å². The number of ether oxygens (including phenoxy) is 2. The van der Waals surface area contributed by atoms with E-state index in [1.54, 1.807) is 0 Å². The molecular weight excluding hydrogens is 306 g/mol. The first-order valence-corrected chi connectivity index (χ1v) is 7.94. The summed E-state index contributed by atoms with van der Waals surface area (Å²) in [5.74, 6) is 1.82. The minimum Gasteiger partial charge on any atom is -0.489 e. The van der Waals surface area contributed by atoms with Gasteiger partial charge in [-0.15, -0.1) is 0 Å². The van der Waals surface area contributed by atoms with Crippen molar-refractivity contribution in [3.8, 4) is 11.5 Å². The first kappa shape index (κ1) is 13.3. The van der Waals surface area contributed by atoms with Crippen LogP contribution in [0, 0.1) is 0 Å². The van der Waals surface area contributed by atoms with Crippen LogP contribution in [0.1, 0.15) is 31.2 Å². The molecule has 2 aliphatic heterocycles. The average molecular weight is 326 g/mol. The van der Waals surface area contributed by atoms with Gasteiger partial charge < -0.3 is 14.8 Å². The standard InChI is InChI=1S/C15H20BrNO2/c16-13-6-5-11(10-12-4-1-2-7-17-12)14-15(13)19-9-3-8-18-14/h5-6,12,17H,1-4,7-10H2. The molecular formula is C15H20BrNO2. The minimum atomic E-state index is 0.575. The Morgan fingerprint density at radius 1 is 1.11 bits per heavy atom. The highest BCUT2D eigenvalue weighted by atomic mass is 79.9. The molecule has 0 saturated carbocycles. The monoisotopic (exact) mass is 325 g/mol. The van der Waals surface area contributed by atoms with E-state index in [4.69, 9.17) is 9.47 Å². The molecule has 1 unspecified atom stereocenters. The van der Waals surface area contributed by atoms with Crippen LogP contribution in [-0.2, 0) is 6.42 Å². The third kappa shape index (κ3) is 3.06. The molecule has 19 heavy (non-hydrogen) atoms. The summed E-state index contributed by atoms with van der Waals surface area (Å²) in [5, 5.41) is 3.60. The largest absolute Gasteiger partial charge is 0.489 e. The highest BCUT2D eigenvalue weighted by molar-refractivity contribution is 9.10. The molecule has 0 aromatic heterocycles. The van der Waals surface area contributed by atoms with Gasteiger partial charge in [-0.2, -0.15) is 0 Å². The van der Waals surface area contributed by atoms with E-state index in [1.165, 1.54) is 24.8 Å². The van der Waals surface area contributed by atoms with Crippen molar-refractivity contribution in [1.29, 1.82) is 0 Å². The molecule has 3 nitrogen and oxygen atoms in total. The Kier molecular flexibility index (Phi) is 4.28. The number of nitrogens with one attached hydrogen (secondary N) is 1.